The second kappa shape index (κ2) is 5.34. The SMILES string of the molecule is CC.Cc1ccc(C(C)C)c2c1CCC2. The first-order chi connectivity index (χ1) is 7.20. The minimum absolute atomic E-state index is 0.687. The summed E-state index contributed by atoms with van der Waals surface area (Å²) in [5, 5.41) is 0. The Hall–Kier alpha value is -0.780. The Balaban J connectivity index is 0.000000531. The number of hydrogen-bond acceptors (Lipinski definition) is 0. The van der Waals surface area contributed by atoms with Crippen LogP contribution >= 0.6 is 0 Å². The molecule has 0 heterocycles. The number of benzene rings is 1. The van der Waals surface area contributed by atoms with Crippen molar-refractivity contribution in [1.82, 2.24) is 0 Å². The molecule has 0 fully saturated rings. The van der Waals surface area contributed by atoms with Crippen molar-refractivity contribution in [3.05, 3.63) is 34.4 Å². The summed E-state index contributed by atoms with van der Waals surface area (Å²) in [4.78, 5) is 0. The fraction of sp³-hybridized carbons (Fsp3) is 0.600. The highest BCUT2D eigenvalue weighted by Crippen LogP contribution is 2.31. The second-order valence-electron chi connectivity index (χ2n) is 4.44. The van der Waals surface area contributed by atoms with Gasteiger partial charge in [-0.1, -0.05) is 39.8 Å². The highest BCUT2D eigenvalue weighted by Gasteiger charge is 2.17. The minimum Gasteiger partial charge on any atom is -0.0683 e. The van der Waals surface area contributed by atoms with Crippen molar-refractivity contribution in [3.63, 3.8) is 0 Å². The lowest BCUT2D eigenvalue weighted by atomic mass is 9.92. The molecule has 1 aromatic carbocycles. The summed E-state index contributed by atoms with van der Waals surface area (Å²) in [6.45, 7) is 10.8. The summed E-state index contributed by atoms with van der Waals surface area (Å²) < 4.78 is 0. The van der Waals surface area contributed by atoms with Gasteiger partial charge >= 0.3 is 0 Å². The second-order valence-corrected chi connectivity index (χ2v) is 4.44. The van der Waals surface area contributed by atoms with Gasteiger partial charge in [-0.2, -0.15) is 0 Å². The molecule has 0 amide bonds. The Morgan fingerprint density at radius 3 is 2.20 bits per heavy atom. The molecule has 0 spiro atoms. The van der Waals surface area contributed by atoms with E-state index in [0.29, 0.717) is 5.92 Å². The van der Waals surface area contributed by atoms with Crippen LogP contribution in [0.4, 0.5) is 0 Å². The number of aryl methyl sites for hydroxylation is 1. The molecule has 0 aliphatic heterocycles. The average molecular weight is 204 g/mol. The van der Waals surface area contributed by atoms with E-state index >= 15 is 0 Å². The maximum Gasteiger partial charge on any atom is -0.0216 e. The molecule has 1 aliphatic carbocycles. The van der Waals surface area contributed by atoms with Crippen molar-refractivity contribution >= 4 is 0 Å². The van der Waals surface area contributed by atoms with Crippen LogP contribution in [0.5, 0.6) is 0 Å². The van der Waals surface area contributed by atoms with Gasteiger partial charge in [0.15, 0.2) is 0 Å². The Morgan fingerprint density at radius 2 is 1.60 bits per heavy atom. The molecule has 0 aromatic heterocycles. The Morgan fingerprint density at radius 1 is 1.00 bits per heavy atom. The zero-order valence-corrected chi connectivity index (χ0v) is 10.9. The van der Waals surface area contributed by atoms with Crippen LogP contribution in [-0.4, -0.2) is 0 Å². The molecule has 0 nitrogen and oxygen atoms in total. The molecule has 2 rings (SSSR count). The molecule has 84 valence electrons. The molecule has 0 N–H and O–H groups in total. The van der Waals surface area contributed by atoms with Gasteiger partial charge in [-0.15, -0.1) is 0 Å². The number of rotatable bonds is 1. The quantitative estimate of drug-likeness (QED) is 0.625. The molecule has 0 saturated carbocycles. The molecule has 1 aromatic rings. The van der Waals surface area contributed by atoms with Crippen LogP contribution in [0.3, 0.4) is 0 Å². The van der Waals surface area contributed by atoms with Crippen LogP contribution in [0.2, 0.25) is 0 Å². The monoisotopic (exact) mass is 204 g/mol. The zero-order valence-electron chi connectivity index (χ0n) is 10.9. The van der Waals surface area contributed by atoms with Crippen LogP contribution < -0.4 is 0 Å². The largest absolute Gasteiger partial charge is 0.0683 e. The van der Waals surface area contributed by atoms with E-state index in [2.05, 4.69) is 32.9 Å². The molecular weight excluding hydrogens is 180 g/mol. The van der Waals surface area contributed by atoms with E-state index in [1.807, 2.05) is 13.8 Å². The van der Waals surface area contributed by atoms with Gasteiger partial charge in [-0.25, -0.2) is 0 Å². The highest BCUT2D eigenvalue weighted by atomic mass is 14.2. The third-order valence-corrected chi connectivity index (χ3v) is 3.18. The van der Waals surface area contributed by atoms with E-state index in [9.17, 15) is 0 Å². The molecule has 0 atom stereocenters. The first-order valence-electron chi connectivity index (χ1n) is 6.31. The van der Waals surface area contributed by atoms with Crippen molar-refractivity contribution in [2.45, 2.75) is 59.8 Å². The summed E-state index contributed by atoms with van der Waals surface area (Å²) in [7, 11) is 0. The normalized spacial score (nSPS) is 13.5. The van der Waals surface area contributed by atoms with Gasteiger partial charge in [0, 0.05) is 0 Å². The van der Waals surface area contributed by atoms with Gasteiger partial charge in [-0.3, -0.25) is 0 Å². The predicted octanol–water partition coefficient (Wildman–Crippen LogP) is 4.63. The topological polar surface area (TPSA) is 0 Å². The summed E-state index contributed by atoms with van der Waals surface area (Å²) in [6, 6.07) is 4.61. The van der Waals surface area contributed by atoms with Gasteiger partial charge < -0.3 is 0 Å². The number of fused-ring (bicyclic) bond motifs is 1. The van der Waals surface area contributed by atoms with E-state index < -0.39 is 0 Å². The predicted molar refractivity (Wildman–Crippen MR) is 68.6 cm³/mol. The Bertz CT molecular complexity index is 321. The summed E-state index contributed by atoms with van der Waals surface area (Å²) in [5.41, 5.74) is 6.39. The van der Waals surface area contributed by atoms with Crippen LogP contribution in [0.15, 0.2) is 12.1 Å². The smallest absolute Gasteiger partial charge is 0.0216 e. The van der Waals surface area contributed by atoms with Crippen molar-refractivity contribution in [2.24, 2.45) is 0 Å². The highest BCUT2D eigenvalue weighted by molar-refractivity contribution is 5.44. The maximum atomic E-state index is 2.32. The summed E-state index contributed by atoms with van der Waals surface area (Å²) in [6.07, 6.45) is 3.98. The van der Waals surface area contributed by atoms with Crippen LogP contribution in [0.25, 0.3) is 0 Å². The number of hydrogen-bond donors (Lipinski definition) is 0. The lowest BCUT2D eigenvalue weighted by Gasteiger charge is -2.13. The van der Waals surface area contributed by atoms with E-state index in [4.69, 9.17) is 0 Å². The summed E-state index contributed by atoms with van der Waals surface area (Å²) in [5.74, 6) is 0.687. The van der Waals surface area contributed by atoms with Crippen LogP contribution in [0, 0.1) is 6.92 Å². The van der Waals surface area contributed by atoms with Crippen LogP contribution in [-0.2, 0) is 12.8 Å². The molecule has 0 unspecified atom stereocenters. The fourth-order valence-corrected chi connectivity index (χ4v) is 2.45. The molecule has 0 radical (unpaired) electrons. The third-order valence-electron chi connectivity index (χ3n) is 3.18. The van der Waals surface area contributed by atoms with Gasteiger partial charge in [0.05, 0.1) is 0 Å². The van der Waals surface area contributed by atoms with Crippen molar-refractivity contribution < 1.29 is 0 Å². The van der Waals surface area contributed by atoms with Crippen molar-refractivity contribution in [2.75, 3.05) is 0 Å². The standard InChI is InChI=1S/C13H18.C2H6/c1-9(2)11-8-7-10(3)12-5-4-6-13(11)12;1-2/h7-9H,4-6H2,1-3H3;1-2H3. The lowest BCUT2D eigenvalue weighted by molar-refractivity contribution is 0.838. The Kier molecular flexibility index (Phi) is 4.38. The minimum atomic E-state index is 0.687. The van der Waals surface area contributed by atoms with Crippen molar-refractivity contribution in [3.8, 4) is 0 Å². The lowest BCUT2D eigenvalue weighted by Crippen LogP contribution is -1.97. The van der Waals surface area contributed by atoms with Gasteiger partial charge in [-0.05, 0) is 54.4 Å². The van der Waals surface area contributed by atoms with E-state index in [-0.39, 0.29) is 0 Å². The van der Waals surface area contributed by atoms with Crippen LogP contribution in [0.1, 0.15) is 62.3 Å². The van der Waals surface area contributed by atoms with E-state index in [0.717, 1.165) is 0 Å². The first-order valence-corrected chi connectivity index (χ1v) is 6.31. The molecule has 0 heteroatoms. The Labute approximate surface area is 94.7 Å². The molecule has 15 heavy (non-hydrogen) atoms. The third kappa shape index (κ3) is 2.42. The van der Waals surface area contributed by atoms with Crippen molar-refractivity contribution in [1.29, 1.82) is 0 Å². The zero-order chi connectivity index (χ0) is 11.4. The molecule has 0 bridgehead atoms. The van der Waals surface area contributed by atoms with E-state index in [1.165, 1.54) is 24.8 Å². The molecule has 1 aliphatic rings. The first kappa shape index (κ1) is 12.3. The van der Waals surface area contributed by atoms with Gasteiger partial charge in [0.25, 0.3) is 0 Å². The molecule has 0 saturated heterocycles. The van der Waals surface area contributed by atoms with Gasteiger partial charge in [0.2, 0.25) is 0 Å². The van der Waals surface area contributed by atoms with Gasteiger partial charge in [0.1, 0.15) is 0 Å². The maximum absolute atomic E-state index is 2.32. The summed E-state index contributed by atoms with van der Waals surface area (Å²) >= 11 is 0. The molecular formula is C15H24. The van der Waals surface area contributed by atoms with E-state index in [1.54, 1.807) is 16.7 Å². The fourth-order valence-electron chi connectivity index (χ4n) is 2.45. The average Bonchev–Trinajstić information content (AvgIpc) is 2.70.